The molecule has 0 spiro atoms. The molecule has 7 heteroatoms. The minimum Gasteiger partial charge on any atom is -0.361 e. The summed E-state index contributed by atoms with van der Waals surface area (Å²) in [6.45, 7) is 2.24. The second kappa shape index (κ2) is 9.13. The smallest absolute Gasteiger partial charge is 0.264 e. The summed E-state index contributed by atoms with van der Waals surface area (Å²) in [7, 11) is -3.50. The number of hydrogen-bond donors (Lipinski definition) is 1. The molecule has 3 aromatic rings. The molecule has 0 saturated heterocycles. The number of nitrogens with one attached hydrogen (secondary N) is 1. The van der Waals surface area contributed by atoms with Crippen LogP contribution in [-0.4, -0.2) is 32.5 Å². The summed E-state index contributed by atoms with van der Waals surface area (Å²) >= 11 is 7.92. The number of H-pyrrole nitrogens is 1. The van der Waals surface area contributed by atoms with Crippen molar-refractivity contribution in [2.45, 2.75) is 30.9 Å². The van der Waals surface area contributed by atoms with Crippen LogP contribution in [0.1, 0.15) is 36.5 Å². The first-order chi connectivity index (χ1) is 13.8. The fourth-order valence-corrected chi connectivity index (χ4v) is 5.09. The van der Waals surface area contributed by atoms with Crippen LogP contribution < -0.4 is 0 Å². The fourth-order valence-electron chi connectivity index (χ4n) is 4.03. The highest BCUT2D eigenvalue weighted by Crippen LogP contribution is 2.43. The van der Waals surface area contributed by atoms with Gasteiger partial charge in [-0.05, 0) is 47.9 Å². The Morgan fingerprint density at radius 3 is 2.52 bits per heavy atom. The molecule has 1 N–H and O–H groups in total. The van der Waals surface area contributed by atoms with Gasteiger partial charge in [-0.2, -0.15) is 20.2 Å². The van der Waals surface area contributed by atoms with Crippen molar-refractivity contribution in [3.63, 3.8) is 0 Å². The number of aromatic amines is 1. The third-order valence-electron chi connectivity index (χ3n) is 5.44. The summed E-state index contributed by atoms with van der Waals surface area (Å²) in [6, 6.07) is 14.2. The van der Waals surface area contributed by atoms with Crippen LogP contribution in [0.15, 0.2) is 48.7 Å². The Kier molecular flexibility index (Phi) is 6.99. The van der Waals surface area contributed by atoms with Crippen molar-refractivity contribution in [1.82, 2.24) is 4.98 Å². The number of thioether (sulfide) groups is 1. The van der Waals surface area contributed by atoms with Crippen molar-refractivity contribution in [1.29, 1.82) is 0 Å². The summed E-state index contributed by atoms with van der Waals surface area (Å²) in [5, 5.41) is 1.83. The van der Waals surface area contributed by atoms with E-state index in [4.69, 9.17) is 15.8 Å². The molecule has 0 bridgehead atoms. The summed E-state index contributed by atoms with van der Waals surface area (Å²) in [5.41, 5.74) is 4.24. The Labute approximate surface area is 182 Å². The first-order valence-electron chi connectivity index (χ1n) is 9.49. The Morgan fingerprint density at radius 2 is 1.90 bits per heavy atom. The van der Waals surface area contributed by atoms with Gasteiger partial charge in [-0.25, -0.2) is 0 Å². The van der Waals surface area contributed by atoms with E-state index >= 15 is 0 Å². The predicted octanol–water partition coefficient (Wildman–Crippen LogP) is 5.75. The molecule has 0 radical (unpaired) electrons. The zero-order valence-electron chi connectivity index (χ0n) is 16.9. The summed E-state index contributed by atoms with van der Waals surface area (Å²) < 4.78 is 28.2. The zero-order valence-corrected chi connectivity index (χ0v) is 19.3. The zero-order chi connectivity index (χ0) is 21.1. The monoisotopic (exact) mass is 451 g/mol. The van der Waals surface area contributed by atoms with Crippen LogP contribution in [0.5, 0.6) is 0 Å². The second-order valence-electron chi connectivity index (χ2n) is 7.19. The van der Waals surface area contributed by atoms with Crippen molar-refractivity contribution < 1.29 is 12.6 Å². The number of rotatable bonds is 9. The molecule has 156 valence electrons. The van der Waals surface area contributed by atoms with Gasteiger partial charge in [-0.1, -0.05) is 48.9 Å². The average Bonchev–Trinajstić information content (AvgIpc) is 3.11. The fraction of sp³-hybridized carbons (Fsp3) is 0.364. The van der Waals surface area contributed by atoms with Crippen molar-refractivity contribution >= 4 is 44.4 Å². The van der Waals surface area contributed by atoms with Gasteiger partial charge in [0.15, 0.2) is 0 Å². The number of halogens is 1. The van der Waals surface area contributed by atoms with Gasteiger partial charge in [0.2, 0.25) is 0 Å². The van der Waals surface area contributed by atoms with Gasteiger partial charge in [-0.3, -0.25) is 4.18 Å². The highest BCUT2D eigenvalue weighted by atomic mass is 35.5. The van der Waals surface area contributed by atoms with Crippen molar-refractivity contribution in [2.75, 3.05) is 19.1 Å². The lowest BCUT2D eigenvalue weighted by Crippen LogP contribution is -2.29. The van der Waals surface area contributed by atoms with E-state index in [0.29, 0.717) is 11.4 Å². The minimum atomic E-state index is -3.50. The third-order valence-corrected chi connectivity index (χ3v) is 6.89. The number of aromatic nitrogens is 1. The maximum Gasteiger partial charge on any atom is 0.264 e. The van der Waals surface area contributed by atoms with Crippen LogP contribution in [0.25, 0.3) is 10.9 Å². The molecular formula is C22H26ClNO3S2. The summed E-state index contributed by atoms with van der Waals surface area (Å²) in [5.74, 6) is 0.925. The quantitative estimate of drug-likeness (QED) is 0.421. The van der Waals surface area contributed by atoms with Gasteiger partial charge < -0.3 is 4.98 Å². The summed E-state index contributed by atoms with van der Waals surface area (Å²) in [4.78, 5) is 3.47. The van der Waals surface area contributed by atoms with Gasteiger partial charge in [0.25, 0.3) is 10.1 Å². The largest absolute Gasteiger partial charge is 0.361 e. The predicted molar refractivity (Wildman–Crippen MR) is 123 cm³/mol. The summed E-state index contributed by atoms with van der Waals surface area (Å²) in [6.07, 6.45) is 6.57. The van der Waals surface area contributed by atoms with Gasteiger partial charge in [0.05, 0.1) is 12.9 Å². The van der Waals surface area contributed by atoms with Gasteiger partial charge in [0, 0.05) is 33.3 Å². The molecule has 29 heavy (non-hydrogen) atoms. The Hall–Kier alpha value is -1.47. The van der Waals surface area contributed by atoms with Crippen molar-refractivity contribution in [3.05, 3.63) is 70.4 Å². The standard InChI is InChI=1S/C22H26ClNO3S2/c1-4-22(12-13-27-29(3,25)26,17-8-10-18(23)11-9-17)20-14-24-21-16(15-28-2)6-5-7-19(20)21/h5-11,14,24H,4,12-13,15H2,1-3H3. The normalized spacial score (nSPS) is 14.2. The van der Waals surface area contributed by atoms with E-state index in [9.17, 15) is 8.42 Å². The molecule has 4 nitrogen and oxygen atoms in total. The van der Waals surface area contributed by atoms with E-state index in [1.54, 1.807) is 11.8 Å². The van der Waals surface area contributed by atoms with E-state index < -0.39 is 15.5 Å². The van der Waals surface area contributed by atoms with E-state index in [2.05, 4.69) is 42.6 Å². The van der Waals surface area contributed by atoms with Crippen molar-refractivity contribution in [2.24, 2.45) is 0 Å². The van der Waals surface area contributed by atoms with Crippen LogP contribution in [0.3, 0.4) is 0 Å². The van der Waals surface area contributed by atoms with Crippen molar-refractivity contribution in [3.8, 4) is 0 Å². The first-order valence-corrected chi connectivity index (χ1v) is 13.1. The number of fused-ring (bicyclic) bond motifs is 1. The Bertz CT molecular complexity index is 1080. The van der Waals surface area contributed by atoms with E-state index in [0.717, 1.165) is 40.5 Å². The molecule has 0 aliphatic heterocycles. The average molecular weight is 452 g/mol. The molecule has 1 atom stereocenters. The molecule has 0 fully saturated rings. The number of benzene rings is 2. The van der Waals surface area contributed by atoms with E-state index in [1.807, 2.05) is 24.3 Å². The maximum atomic E-state index is 11.6. The molecule has 0 amide bonds. The number of para-hydroxylation sites is 1. The minimum absolute atomic E-state index is 0.118. The lowest BCUT2D eigenvalue weighted by Gasteiger charge is -2.34. The van der Waals surface area contributed by atoms with Crippen LogP contribution in [0.2, 0.25) is 5.02 Å². The second-order valence-corrected chi connectivity index (χ2v) is 10.1. The van der Waals surface area contributed by atoms with Gasteiger partial charge >= 0.3 is 0 Å². The maximum absolute atomic E-state index is 11.6. The number of hydrogen-bond acceptors (Lipinski definition) is 4. The Balaban J connectivity index is 2.15. The SMILES string of the molecule is CCC(CCOS(C)(=O)=O)(c1ccc(Cl)cc1)c1c[nH]c2c(CSC)cccc12. The molecule has 1 heterocycles. The molecular weight excluding hydrogens is 426 g/mol. The lowest BCUT2D eigenvalue weighted by atomic mass is 9.70. The highest BCUT2D eigenvalue weighted by Gasteiger charge is 2.35. The highest BCUT2D eigenvalue weighted by molar-refractivity contribution is 7.97. The lowest BCUT2D eigenvalue weighted by molar-refractivity contribution is 0.277. The molecule has 3 rings (SSSR count). The van der Waals surface area contributed by atoms with Gasteiger partial charge in [-0.15, -0.1) is 0 Å². The molecule has 1 unspecified atom stereocenters. The van der Waals surface area contributed by atoms with E-state index in [-0.39, 0.29) is 6.61 Å². The molecule has 0 aliphatic rings. The Morgan fingerprint density at radius 1 is 1.17 bits per heavy atom. The van der Waals surface area contributed by atoms with Crippen LogP contribution in [0, 0.1) is 0 Å². The molecule has 0 saturated carbocycles. The third kappa shape index (κ3) is 4.82. The van der Waals surface area contributed by atoms with Crippen LogP contribution in [-0.2, 0) is 25.5 Å². The van der Waals surface area contributed by atoms with E-state index in [1.165, 1.54) is 5.56 Å². The molecule has 2 aromatic carbocycles. The van der Waals surface area contributed by atoms with Gasteiger partial charge in [0.1, 0.15) is 0 Å². The van der Waals surface area contributed by atoms with Crippen LogP contribution >= 0.6 is 23.4 Å². The molecule has 0 aliphatic carbocycles. The topological polar surface area (TPSA) is 59.2 Å². The van der Waals surface area contributed by atoms with Crippen LogP contribution in [0.4, 0.5) is 0 Å². The molecule has 1 aromatic heterocycles. The first kappa shape index (κ1) is 22.2.